The lowest BCUT2D eigenvalue weighted by molar-refractivity contribution is -0.143. The Bertz CT molecular complexity index is 277. The van der Waals surface area contributed by atoms with Crippen LogP contribution in [0, 0.1) is 0 Å². The van der Waals surface area contributed by atoms with E-state index in [1.54, 1.807) is 0 Å². The Balaban J connectivity index is 2.81. The van der Waals surface area contributed by atoms with E-state index in [-0.39, 0.29) is 32.0 Å². The van der Waals surface area contributed by atoms with E-state index in [1.807, 2.05) is 0 Å². The molecule has 0 bridgehead atoms. The number of rotatable bonds is 2. The molecule has 0 unspecified atom stereocenters. The Morgan fingerprint density at radius 3 is 2.43 bits per heavy atom. The Morgan fingerprint density at radius 2 is 1.86 bits per heavy atom. The summed E-state index contributed by atoms with van der Waals surface area (Å²) in [5.74, 6) is -1.36. The van der Waals surface area contributed by atoms with E-state index >= 15 is 0 Å². The molecule has 1 saturated heterocycles. The maximum Gasteiger partial charge on any atom is 0.248 e. The highest BCUT2D eigenvalue weighted by Gasteiger charge is 2.29. The molecule has 1 rings (SSSR count). The number of imide groups is 1. The molecule has 1 heterocycles. The van der Waals surface area contributed by atoms with E-state index in [9.17, 15) is 14.4 Å². The predicted molar refractivity (Wildman–Crippen MR) is 46.1 cm³/mol. The lowest BCUT2D eigenvalue weighted by Gasteiger charge is -2.16. The van der Waals surface area contributed by atoms with Crippen molar-refractivity contribution in [3.63, 3.8) is 0 Å². The lowest BCUT2D eigenvalue weighted by atomic mass is 10.3. The summed E-state index contributed by atoms with van der Waals surface area (Å²) < 4.78 is 0. The minimum atomic E-state index is -0.543. The highest BCUT2D eigenvalue weighted by atomic mass is 16.3. The Morgan fingerprint density at radius 1 is 1.21 bits per heavy atom. The van der Waals surface area contributed by atoms with Gasteiger partial charge in [0.25, 0.3) is 0 Å². The molecule has 0 atom stereocenters. The molecule has 78 valence electrons. The van der Waals surface area contributed by atoms with Gasteiger partial charge in [-0.15, -0.1) is 0 Å². The van der Waals surface area contributed by atoms with Crippen molar-refractivity contribution in [3.05, 3.63) is 0 Å². The number of aliphatic hydroxyl groups is 1. The van der Waals surface area contributed by atoms with Crippen molar-refractivity contribution in [1.82, 2.24) is 9.80 Å². The maximum atomic E-state index is 11.4. The smallest absolute Gasteiger partial charge is 0.248 e. The van der Waals surface area contributed by atoms with Crippen LogP contribution in [-0.2, 0) is 14.4 Å². The average Bonchev–Trinajstić information content (AvgIpc) is 2.19. The molecule has 0 radical (unpaired) electrons. The number of β-amino-alcohol motifs (C(OH)–C–C–N with tert-alkyl or cyclic N) is 1. The lowest BCUT2D eigenvalue weighted by Crippen LogP contribution is -2.40. The van der Waals surface area contributed by atoms with Crippen LogP contribution in [0.2, 0.25) is 0 Å². The molecular formula is C8H12N2O4. The number of nitrogens with zero attached hydrogens (tertiary/aromatic N) is 2. The second-order valence-corrected chi connectivity index (χ2v) is 3.09. The van der Waals surface area contributed by atoms with Gasteiger partial charge in [0, 0.05) is 7.05 Å². The molecule has 6 nitrogen and oxygen atoms in total. The van der Waals surface area contributed by atoms with Crippen LogP contribution in [0.5, 0.6) is 0 Å². The van der Waals surface area contributed by atoms with Crippen molar-refractivity contribution >= 4 is 17.7 Å². The minimum absolute atomic E-state index is 0.0429. The van der Waals surface area contributed by atoms with Crippen LogP contribution in [0.25, 0.3) is 0 Å². The zero-order chi connectivity index (χ0) is 10.7. The van der Waals surface area contributed by atoms with Crippen LogP contribution in [0.4, 0.5) is 0 Å². The van der Waals surface area contributed by atoms with E-state index in [2.05, 4.69) is 0 Å². The van der Waals surface area contributed by atoms with Crippen LogP contribution < -0.4 is 0 Å². The van der Waals surface area contributed by atoms with Crippen molar-refractivity contribution in [2.75, 3.05) is 26.7 Å². The van der Waals surface area contributed by atoms with Crippen LogP contribution in [-0.4, -0.2) is 59.4 Å². The van der Waals surface area contributed by atoms with Gasteiger partial charge in [-0.2, -0.15) is 0 Å². The van der Waals surface area contributed by atoms with Crippen molar-refractivity contribution in [2.24, 2.45) is 0 Å². The number of hydrogen-bond acceptors (Lipinski definition) is 4. The second kappa shape index (κ2) is 4.19. The van der Waals surface area contributed by atoms with Gasteiger partial charge in [-0.1, -0.05) is 0 Å². The second-order valence-electron chi connectivity index (χ2n) is 3.09. The molecular weight excluding hydrogens is 188 g/mol. The Labute approximate surface area is 81.1 Å². The molecule has 0 aromatic rings. The van der Waals surface area contributed by atoms with Crippen molar-refractivity contribution in [3.8, 4) is 0 Å². The van der Waals surface area contributed by atoms with Gasteiger partial charge < -0.3 is 10.0 Å². The zero-order valence-electron chi connectivity index (χ0n) is 7.89. The molecule has 3 amide bonds. The highest BCUT2D eigenvalue weighted by Crippen LogP contribution is 2.05. The first-order valence-corrected chi connectivity index (χ1v) is 4.24. The van der Waals surface area contributed by atoms with E-state index in [0.717, 1.165) is 4.90 Å². The zero-order valence-corrected chi connectivity index (χ0v) is 7.89. The summed E-state index contributed by atoms with van der Waals surface area (Å²) in [7, 11) is 1.47. The molecule has 1 aliphatic heterocycles. The quantitative estimate of drug-likeness (QED) is 0.421. The number of carbonyl (C=O) groups excluding carboxylic acids is 3. The third kappa shape index (κ3) is 2.08. The molecule has 6 heteroatoms. The fourth-order valence-electron chi connectivity index (χ4n) is 1.22. The van der Waals surface area contributed by atoms with Crippen LogP contribution >= 0.6 is 0 Å². The van der Waals surface area contributed by atoms with Crippen LogP contribution in [0.1, 0.15) is 6.42 Å². The van der Waals surface area contributed by atoms with Gasteiger partial charge in [-0.05, 0) is 0 Å². The van der Waals surface area contributed by atoms with E-state index < -0.39 is 11.8 Å². The summed E-state index contributed by atoms with van der Waals surface area (Å²) >= 11 is 0. The SMILES string of the molecule is CN1CC(=O)N(CCO)C(=O)CC1=O. The fraction of sp³-hybridized carbons (Fsp3) is 0.625. The molecule has 1 fully saturated rings. The summed E-state index contributed by atoms with van der Waals surface area (Å²) in [6, 6.07) is 0. The molecule has 1 aliphatic rings. The molecule has 0 aliphatic carbocycles. The average molecular weight is 200 g/mol. The third-order valence-electron chi connectivity index (χ3n) is 2.03. The topological polar surface area (TPSA) is 77.9 Å². The predicted octanol–water partition coefficient (Wildman–Crippen LogP) is -1.80. The van der Waals surface area contributed by atoms with E-state index in [1.165, 1.54) is 11.9 Å². The number of hydrogen-bond donors (Lipinski definition) is 1. The van der Waals surface area contributed by atoms with Gasteiger partial charge >= 0.3 is 0 Å². The summed E-state index contributed by atoms with van der Waals surface area (Å²) in [6.07, 6.45) is -0.303. The van der Waals surface area contributed by atoms with Crippen molar-refractivity contribution in [2.45, 2.75) is 6.42 Å². The van der Waals surface area contributed by atoms with E-state index in [0.29, 0.717) is 0 Å². The van der Waals surface area contributed by atoms with Gasteiger partial charge in [0.05, 0.1) is 19.7 Å². The summed E-state index contributed by atoms with van der Waals surface area (Å²) in [4.78, 5) is 36.0. The summed E-state index contributed by atoms with van der Waals surface area (Å²) in [6.45, 7) is -0.432. The highest BCUT2D eigenvalue weighted by molar-refractivity contribution is 6.07. The summed E-state index contributed by atoms with van der Waals surface area (Å²) in [5, 5.41) is 8.63. The Kier molecular flexibility index (Phi) is 3.19. The first kappa shape index (κ1) is 10.6. The summed E-state index contributed by atoms with van der Waals surface area (Å²) in [5.41, 5.74) is 0. The van der Waals surface area contributed by atoms with Gasteiger partial charge in [0.2, 0.25) is 17.7 Å². The van der Waals surface area contributed by atoms with Crippen LogP contribution in [0.3, 0.4) is 0 Å². The van der Waals surface area contributed by atoms with Crippen molar-refractivity contribution < 1.29 is 19.5 Å². The largest absolute Gasteiger partial charge is 0.395 e. The number of likely N-dealkylation sites (N-methyl/N-ethyl adjacent to an activating group) is 1. The maximum absolute atomic E-state index is 11.4. The number of aliphatic hydroxyl groups excluding tert-OH is 1. The molecule has 1 N–H and O–H groups in total. The van der Waals surface area contributed by atoms with Crippen molar-refractivity contribution in [1.29, 1.82) is 0 Å². The molecule has 0 spiro atoms. The molecule has 0 aromatic heterocycles. The minimum Gasteiger partial charge on any atom is -0.395 e. The monoisotopic (exact) mass is 200 g/mol. The van der Waals surface area contributed by atoms with Gasteiger partial charge in [-0.3, -0.25) is 19.3 Å². The normalized spacial score (nSPS) is 18.9. The molecule has 0 saturated carbocycles. The van der Waals surface area contributed by atoms with Crippen LogP contribution in [0.15, 0.2) is 0 Å². The van der Waals surface area contributed by atoms with E-state index in [4.69, 9.17) is 5.11 Å². The standard InChI is InChI=1S/C8H12N2O4/c1-9-5-8(14)10(2-3-11)7(13)4-6(9)12/h11H,2-5H2,1H3. The fourth-order valence-corrected chi connectivity index (χ4v) is 1.22. The first-order valence-electron chi connectivity index (χ1n) is 4.24. The third-order valence-corrected chi connectivity index (χ3v) is 2.03. The number of carbonyl (C=O) groups is 3. The molecule has 0 aromatic carbocycles. The van der Waals surface area contributed by atoms with Gasteiger partial charge in [0.1, 0.15) is 6.42 Å². The first-order chi connectivity index (χ1) is 6.56. The molecule has 14 heavy (non-hydrogen) atoms. The van der Waals surface area contributed by atoms with Gasteiger partial charge in [-0.25, -0.2) is 0 Å². The van der Waals surface area contributed by atoms with Gasteiger partial charge in [0.15, 0.2) is 0 Å². The Hall–Kier alpha value is -1.43. The number of amides is 3.